The van der Waals surface area contributed by atoms with Gasteiger partial charge in [0.05, 0.1) is 0 Å². The van der Waals surface area contributed by atoms with Crippen molar-refractivity contribution in [2.45, 2.75) is 122 Å². The normalized spacial score (nSPS) is 14.3. The second kappa shape index (κ2) is 16.7. The number of hydrogen-bond acceptors (Lipinski definition) is 1. The van der Waals surface area contributed by atoms with Crippen molar-refractivity contribution in [3.63, 3.8) is 0 Å². The van der Waals surface area contributed by atoms with Gasteiger partial charge in [0.1, 0.15) is 0 Å². The van der Waals surface area contributed by atoms with Crippen LogP contribution in [0.4, 0.5) is 0 Å². The Kier molecular flexibility index (Phi) is 17.0. The van der Waals surface area contributed by atoms with E-state index < -0.39 is 0 Å². The molecule has 0 aromatic heterocycles. The van der Waals surface area contributed by atoms with E-state index in [2.05, 4.69) is 20.8 Å². The molecule has 0 aliphatic rings. The Morgan fingerprint density at radius 3 is 1.52 bits per heavy atom. The maximum Gasteiger partial charge on any atom is 0.00449 e. The lowest BCUT2D eigenvalue weighted by atomic mass is 9.92. The highest BCUT2D eigenvalue weighted by Gasteiger charge is 2.15. The van der Waals surface area contributed by atoms with Crippen molar-refractivity contribution < 1.29 is 0 Å². The van der Waals surface area contributed by atoms with Gasteiger partial charge in [-0.25, -0.2) is 0 Å². The van der Waals surface area contributed by atoms with E-state index in [4.69, 9.17) is 12.6 Å². The fraction of sp³-hybridized carbons (Fsp3) is 1.00. The van der Waals surface area contributed by atoms with Crippen LogP contribution in [-0.2, 0) is 0 Å². The molecule has 2 atom stereocenters. The first-order valence-electron chi connectivity index (χ1n) is 9.94. The highest BCUT2D eigenvalue weighted by molar-refractivity contribution is 7.81. The van der Waals surface area contributed by atoms with Crippen molar-refractivity contribution in [3.8, 4) is 0 Å². The summed E-state index contributed by atoms with van der Waals surface area (Å²) in [6.07, 6.45) is 21.1. The van der Waals surface area contributed by atoms with Crippen molar-refractivity contribution in [1.82, 2.24) is 0 Å². The predicted molar refractivity (Wildman–Crippen MR) is 103 cm³/mol. The first-order chi connectivity index (χ1) is 10.3. The summed E-state index contributed by atoms with van der Waals surface area (Å²) in [4.78, 5) is 0. The zero-order valence-electron chi connectivity index (χ0n) is 15.2. The molecule has 0 rings (SSSR count). The molecule has 128 valence electrons. The van der Waals surface area contributed by atoms with E-state index >= 15 is 0 Å². The van der Waals surface area contributed by atoms with Crippen LogP contribution in [0.3, 0.4) is 0 Å². The quantitative estimate of drug-likeness (QED) is 0.218. The van der Waals surface area contributed by atoms with E-state index in [1.54, 1.807) is 0 Å². The average molecular weight is 315 g/mol. The van der Waals surface area contributed by atoms with Gasteiger partial charge in [-0.05, 0) is 18.8 Å². The fourth-order valence-electron chi connectivity index (χ4n) is 3.21. The van der Waals surface area contributed by atoms with Crippen molar-refractivity contribution in [2.75, 3.05) is 0 Å². The van der Waals surface area contributed by atoms with Gasteiger partial charge in [0.25, 0.3) is 0 Å². The smallest absolute Gasteiger partial charge is 0.00449 e. The zero-order valence-corrected chi connectivity index (χ0v) is 16.1. The standard InChI is InChI=1S/C20H42S/c1-4-7-9-10-11-12-13-14-15-16-18-20(21)19(6-3)17-8-5-2/h19-21H,4-18H2,1-3H3. The third-order valence-corrected chi connectivity index (χ3v) is 5.53. The Bertz CT molecular complexity index is 190. The van der Waals surface area contributed by atoms with Crippen LogP contribution in [0.15, 0.2) is 0 Å². The summed E-state index contributed by atoms with van der Waals surface area (Å²) in [5.74, 6) is 0.854. The third-order valence-electron chi connectivity index (χ3n) is 4.85. The first kappa shape index (κ1) is 21.4. The van der Waals surface area contributed by atoms with E-state index in [-0.39, 0.29) is 0 Å². The molecule has 0 aliphatic heterocycles. The fourth-order valence-corrected chi connectivity index (χ4v) is 3.75. The zero-order chi connectivity index (χ0) is 15.8. The second-order valence-corrected chi connectivity index (χ2v) is 7.51. The monoisotopic (exact) mass is 314 g/mol. The van der Waals surface area contributed by atoms with Crippen LogP contribution in [-0.4, -0.2) is 5.25 Å². The van der Waals surface area contributed by atoms with E-state index in [1.807, 2.05) is 0 Å². The van der Waals surface area contributed by atoms with Crippen molar-refractivity contribution in [1.29, 1.82) is 0 Å². The molecule has 0 radical (unpaired) electrons. The van der Waals surface area contributed by atoms with Gasteiger partial charge in [-0.1, -0.05) is 104 Å². The molecule has 0 amide bonds. The Balaban J connectivity index is 3.36. The van der Waals surface area contributed by atoms with Crippen molar-refractivity contribution >= 4 is 12.6 Å². The Labute approximate surface area is 141 Å². The minimum atomic E-state index is 0.649. The molecule has 1 heteroatoms. The lowest BCUT2D eigenvalue weighted by Crippen LogP contribution is -2.14. The Morgan fingerprint density at radius 2 is 1.05 bits per heavy atom. The van der Waals surface area contributed by atoms with Gasteiger partial charge >= 0.3 is 0 Å². The minimum Gasteiger partial charge on any atom is -0.176 e. The first-order valence-corrected chi connectivity index (χ1v) is 10.5. The molecule has 0 aliphatic carbocycles. The van der Waals surface area contributed by atoms with Gasteiger partial charge < -0.3 is 0 Å². The summed E-state index contributed by atoms with van der Waals surface area (Å²) < 4.78 is 0. The van der Waals surface area contributed by atoms with Crippen LogP contribution < -0.4 is 0 Å². The molecule has 0 fully saturated rings. The lowest BCUT2D eigenvalue weighted by Gasteiger charge is -2.21. The van der Waals surface area contributed by atoms with E-state index in [0.717, 1.165) is 5.92 Å². The Hall–Kier alpha value is 0.350. The summed E-state index contributed by atoms with van der Waals surface area (Å²) in [5, 5.41) is 0.649. The molecule has 2 unspecified atom stereocenters. The second-order valence-electron chi connectivity index (χ2n) is 6.85. The predicted octanol–water partition coefficient (Wildman–Crippen LogP) is 7.81. The molecule has 21 heavy (non-hydrogen) atoms. The largest absolute Gasteiger partial charge is 0.176 e. The van der Waals surface area contributed by atoms with Gasteiger partial charge in [-0.3, -0.25) is 0 Å². The van der Waals surface area contributed by atoms with Gasteiger partial charge in [-0.2, -0.15) is 12.6 Å². The molecule has 0 N–H and O–H groups in total. The average Bonchev–Trinajstić information content (AvgIpc) is 2.50. The Morgan fingerprint density at radius 1 is 0.571 bits per heavy atom. The third kappa shape index (κ3) is 13.7. The maximum atomic E-state index is 4.87. The number of thiol groups is 1. The molecule has 0 aromatic carbocycles. The molecule has 0 aromatic rings. The highest BCUT2D eigenvalue weighted by atomic mass is 32.1. The topological polar surface area (TPSA) is 0 Å². The van der Waals surface area contributed by atoms with Crippen LogP contribution in [0.2, 0.25) is 0 Å². The molecule has 0 spiro atoms. The number of hydrogen-bond donors (Lipinski definition) is 1. The van der Waals surface area contributed by atoms with Gasteiger partial charge in [0.15, 0.2) is 0 Å². The van der Waals surface area contributed by atoms with E-state index in [0.29, 0.717) is 5.25 Å². The van der Waals surface area contributed by atoms with Crippen LogP contribution in [0.25, 0.3) is 0 Å². The maximum absolute atomic E-state index is 4.87. The van der Waals surface area contributed by atoms with Crippen LogP contribution >= 0.6 is 12.6 Å². The van der Waals surface area contributed by atoms with Gasteiger partial charge in [0.2, 0.25) is 0 Å². The summed E-state index contributed by atoms with van der Waals surface area (Å²) >= 11 is 4.87. The molecular weight excluding hydrogens is 272 g/mol. The summed E-state index contributed by atoms with van der Waals surface area (Å²) in [6, 6.07) is 0. The minimum absolute atomic E-state index is 0.649. The summed E-state index contributed by atoms with van der Waals surface area (Å²) in [7, 11) is 0. The molecule has 0 saturated heterocycles. The van der Waals surface area contributed by atoms with Crippen LogP contribution in [0, 0.1) is 5.92 Å². The number of unbranched alkanes of at least 4 members (excludes halogenated alkanes) is 10. The lowest BCUT2D eigenvalue weighted by molar-refractivity contribution is 0.412. The van der Waals surface area contributed by atoms with Gasteiger partial charge in [-0.15, -0.1) is 0 Å². The molecule has 0 saturated carbocycles. The van der Waals surface area contributed by atoms with Crippen LogP contribution in [0.5, 0.6) is 0 Å². The van der Waals surface area contributed by atoms with Crippen LogP contribution in [0.1, 0.15) is 117 Å². The van der Waals surface area contributed by atoms with E-state index in [1.165, 1.54) is 96.3 Å². The molecule has 0 bridgehead atoms. The van der Waals surface area contributed by atoms with Crippen molar-refractivity contribution in [3.05, 3.63) is 0 Å². The highest BCUT2D eigenvalue weighted by Crippen LogP contribution is 2.25. The molecular formula is C20H42S. The SMILES string of the molecule is CCCCCCCCCCCCC(S)C(CC)CCCC. The van der Waals surface area contributed by atoms with Crippen molar-refractivity contribution in [2.24, 2.45) is 5.92 Å². The molecule has 0 heterocycles. The summed E-state index contributed by atoms with van der Waals surface area (Å²) in [5.41, 5.74) is 0. The number of rotatable bonds is 16. The van der Waals surface area contributed by atoms with Gasteiger partial charge in [0, 0.05) is 5.25 Å². The molecule has 0 nitrogen and oxygen atoms in total. The summed E-state index contributed by atoms with van der Waals surface area (Å²) in [6.45, 7) is 6.92. The van der Waals surface area contributed by atoms with E-state index in [9.17, 15) is 0 Å².